The molecule has 2 aromatic carbocycles. The summed E-state index contributed by atoms with van der Waals surface area (Å²) in [5, 5.41) is 0. The molecule has 0 spiro atoms. The lowest BCUT2D eigenvalue weighted by Crippen LogP contribution is -2.54. The van der Waals surface area contributed by atoms with E-state index >= 15 is 0 Å². The first-order chi connectivity index (χ1) is 12.8. The molecule has 1 heteroatoms. The molecular formula is C25H29N. The van der Waals surface area contributed by atoms with Gasteiger partial charge in [-0.1, -0.05) is 42.5 Å². The van der Waals surface area contributed by atoms with Gasteiger partial charge >= 0.3 is 0 Å². The van der Waals surface area contributed by atoms with Crippen LogP contribution in [0.5, 0.6) is 0 Å². The number of anilines is 1. The summed E-state index contributed by atoms with van der Waals surface area (Å²) in [6.45, 7) is 1.17. The molecule has 4 fully saturated rings. The number of rotatable bonds is 2. The van der Waals surface area contributed by atoms with Crippen molar-refractivity contribution in [2.24, 2.45) is 23.2 Å². The molecule has 0 radical (unpaired) electrons. The minimum absolute atomic E-state index is 0.515. The van der Waals surface area contributed by atoms with E-state index in [1.807, 2.05) is 0 Å². The molecule has 26 heavy (non-hydrogen) atoms. The van der Waals surface area contributed by atoms with E-state index in [-0.39, 0.29) is 0 Å². The zero-order valence-corrected chi connectivity index (χ0v) is 15.6. The van der Waals surface area contributed by atoms with Gasteiger partial charge < -0.3 is 4.90 Å². The number of fused-ring (bicyclic) bond motifs is 1. The Morgan fingerprint density at radius 2 is 1.35 bits per heavy atom. The van der Waals surface area contributed by atoms with Crippen LogP contribution < -0.4 is 4.90 Å². The van der Waals surface area contributed by atoms with Gasteiger partial charge in [0.25, 0.3) is 0 Å². The molecule has 1 unspecified atom stereocenters. The van der Waals surface area contributed by atoms with Crippen LogP contribution in [0.1, 0.15) is 55.7 Å². The minimum atomic E-state index is 0.515. The van der Waals surface area contributed by atoms with Crippen LogP contribution in [-0.2, 0) is 6.42 Å². The first-order valence-corrected chi connectivity index (χ1v) is 10.7. The van der Waals surface area contributed by atoms with Gasteiger partial charge in [0.2, 0.25) is 0 Å². The fourth-order valence-corrected chi connectivity index (χ4v) is 7.64. The molecule has 2 aromatic rings. The van der Waals surface area contributed by atoms with E-state index < -0.39 is 0 Å². The molecule has 1 aliphatic heterocycles. The van der Waals surface area contributed by atoms with Crippen molar-refractivity contribution in [2.75, 3.05) is 11.4 Å². The van der Waals surface area contributed by atoms with Gasteiger partial charge in [-0.25, -0.2) is 0 Å². The number of hydrogen-bond acceptors (Lipinski definition) is 1. The average molecular weight is 344 g/mol. The van der Waals surface area contributed by atoms with Gasteiger partial charge in [0.05, 0.1) is 6.04 Å². The summed E-state index contributed by atoms with van der Waals surface area (Å²) in [6.07, 6.45) is 10.2. The molecule has 4 aliphatic carbocycles. The standard InChI is InChI=1S/C25H29N/c1-2-7-22(8-3-1)26-11-10-21-6-4-5-9-23(21)24(26)25-15-18-12-19(16-25)14-20(13-18)17-25/h1-9,18-20,24H,10-17H2. The normalized spacial score (nSPS) is 37.6. The molecule has 0 aromatic heterocycles. The van der Waals surface area contributed by atoms with E-state index in [1.54, 1.807) is 11.1 Å². The van der Waals surface area contributed by atoms with Crippen LogP contribution in [0.2, 0.25) is 0 Å². The second-order valence-corrected chi connectivity index (χ2v) is 9.66. The quantitative estimate of drug-likeness (QED) is 0.646. The van der Waals surface area contributed by atoms with Crippen LogP contribution in [0.3, 0.4) is 0 Å². The van der Waals surface area contributed by atoms with Crippen LogP contribution in [0, 0.1) is 23.2 Å². The van der Waals surface area contributed by atoms with Crippen molar-refractivity contribution >= 4 is 5.69 Å². The lowest BCUT2D eigenvalue weighted by molar-refractivity contribution is -0.0700. The van der Waals surface area contributed by atoms with Gasteiger partial charge in [-0.3, -0.25) is 0 Å². The summed E-state index contributed by atoms with van der Waals surface area (Å²) in [4.78, 5) is 2.79. The minimum Gasteiger partial charge on any atom is -0.364 e. The van der Waals surface area contributed by atoms with Crippen LogP contribution >= 0.6 is 0 Å². The van der Waals surface area contributed by atoms with Gasteiger partial charge in [-0.2, -0.15) is 0 Å². The smallest absolute Gasteiger partial charge is 0.0601 e. The van der Waals surface area contributed by atoms with Crippen molar-refractivity contribution in [3.8, 4) is 0 Å². The third kappa shape index (κ3) is 2.22. The average Bonchev–Trinajstić information content (AvgIpc) is 2.66. The van der Waals surface area contributed by atoms with E-state index in [0.717, 1.165) is 17.8 Å². The van der Waals surface area contributed by atoms with Gasteiger partial charge in [0.15, 0.2) is 0 Å². The molecule has 4 bridgehead atoms. The SMILES string of the molecule is c1ccc(N2CCc3ccccc3C2C23CC4CC(CC(C4)C2)C3)cc1. The highest BCUT2D eigenvalue weighted by atomic mass is 15.2. The van der Waals surface area contributed by atoms with Gasteiger partial charge in [0, 0.05) is 12.2 Å². The maximum absolute atomic E-state index is 2.79. The summed E-state index contributed by atoms with van der Waals surface area (Å²) in [6, 6.07) is 21.2. The maximum Gasteiger partial charge on any atom is 0.0601 e. The predicted molar refractivity (Wildman–Crippen MR) is 107 cm³/mol. The molecule has 7 rings (SSSR count). The fourth-order valence-electron chi connectivity index (χ4n) is 7.64. The Labute approximate surface area is 157 Å². The van der Waals surface area contributed by atoms with Crippen molar-refractivity contribution in [3.63, 3.8) is 0 Å². The molecule has 0 N–H and O–H groups in total. The Bertz CT molecular complexity index is 773. The van der Waals surface area contributed by atoms with Crippen LogP contribution in [0.4, 0.5) is 5.69 Å². The van der Waals surface area contributed by atoms with Gasteiger partial charge in [-0.15, -0.1) is 0 Å². The number of para-hydroxylation sites is 1. The molecule has 0 amide bonds. The summed E-state index contributed by atoms with van der Waals surface area (Å²) in [7, 11) is 0. The Hall–Kier alpha value is -1.76. The molecule has 1 nitrogen and oxygen atoms in total. The van der Waals surface area contributed by atoms with E-state index in [0.29, 0.717) is 11.5 Å². The Kier molecular flexibility index (Phi) is 3.31. The predicted octanol–water partition coefficient (Wildman–Crippen LogP) is 6.01. The Balaban J connectivity index is 1.50. The highest BCUT2D eigenvalue weighted by molar-refractivity contribution is 5.53. The molecule has 4 saturated carbocycles. The van der Waals surface area contributed by atoms with E-state index in [2.05, 4.69) is 59.5 Å². The summed E-state index contributed by atoms with van der Waals surface area (Å²) < 4.78 is 0. The second-order valence-electron chi connectivity index (χ2n) is 9.66. The first kappa shape index (κ1) is 15.3. The number of nitrogens with zero attached hydrogens (tertiary/aromatic N) is 1. The third-order valence-electron chi connectivity index (χ3n) is 8.04. The zero-order valence-electron chi connectivity index (χ0n) is 15.6. The van der Waals surface area contributed by atoms with Crippen LogP contribution in [-0.4, -0.2) is 6.54 Å². The topological polar surface area (TPSA) is 3.24 Å². The molecule has 1 atom stereocenters. The van der Waals surface area contributed by atoms with Crippen molar-refractivity contribution < 1.29 is 0 Å². The highest BCUT2D eigenvalue weighted by Crippen LogP contribution is 2.66. The molecular weight excluding hydrogens is 314 g/mol. The maximum atomic E-state index is 2.79. The summed E-state index contributed by atoms with van der Waals surface area (Å²) in [5.41, 5.74) is 5.20. The monoisotopic (exact) mass is 343 g/mol. The van der Waals surface area contributed by atoms with Crippen molar-refractivity contribution in [3.05, 3.63) is 65.7 Å². The summed E-state index contributed by atoms with van der Waals surface area (Å²) in [5.74, 6) is 3.02. The Morgan fingerprint density at radius 1 is 0.731 bits per heavy atom. The second kappa shape index (κ2) is 5.62. The van der Waals surface area contributed by atoms with E-state index in [4.69, 9.17) is 0 Å². The van der Waals surface area contributed by atoms with Crippen molar-refractivity contribution in [1.29, 1.82) is 0 Å². The van der Waals surface area contributed by atoms with Gasteiger partial charge in [-0.05, 0) is 91.4 Å². The van der Waals surface area contributed by atoms with Crippen molar-refractivity contribution in [1.82, 2.24) is 0 Å². The zero-order chi connectivity index (χ0) is 17.1. The molecule has 0 saturated heterocycles. The lowest BCUT2D eigenvalue weighted by atomic mass is 9.46. The van der Waals surface area contributed by atoms with Gasteiger partial charge in [0.1, 0.15) is 0 Å². The molecule has 1 heterocycles. The van der Waals surface area contributed by atoms with Crippen molar-refractivity contribution in [2.45, 2.75) is 51.0 Å². The summed E-state index contributed by atoms with van der Waals surface area (Å²) >= 11 is 0. The molecule has 5 aliphatic rings. The lowest BCUT2D eigenvalue weighted by Gasteiger charge is -2.62. The van der Waals surface area contributed by atoms with Crippen LogP contribution in [0.25, 0.3) is 0 Å². The Morgan fingerprint density at radius 3 is 2.04 bits per heavy atom. The largest absolute Gasteiger partial charge is 0.364 e. The van der Waals surface area contributed by atoms with E-state index in [9.17, 15) is 0 Å². The van der Waals surface area contributed by atoms with Crippen LogP contribution in [0.15, 0.2) is 54.6 Å². The number of benzene rings is 2. The number of hydrogen-bond donors (Lipinski definition) is 0. The molecule has 134 valence electrons. The highest BCUT2D eigenvalue weighted by Gasteiger charge is 2.56. The third-order valence-corrected chi connectivity index (χ3v) is 8.04. The van der Waals surface area contributed by atoms with E-state index in [1.165, 1.54) is 57.2 Å². The first-order valence-electron chi connectivity index (χ1n) is 10.7. The fraction of sp³-hybridized carbons (Fsp3) is 0.520.